The Labute approximate surface area is 169 Å². The third-order valence-corrected chi connectivity index (χ3v) is 6.73. The maximum Gasteiger partial charge on any atom is 0.274 e. The number of aliphatic imine (C=N–C) groups is 1. The Balaban J connectivity index is 1.61. The second kappa shape index (κ2) is 6.84. The van der Waals surface area contributed by atoms with E-state index in [0.717, 1.165) is 21.3 Å². The zero-order chi connectivity index (χ0) is 19.1. The molecule has 9 heteroatoms. The summed E-state index contributed by atoms with van der Waals surface area (Å²) >= 11 is 2.95. The molecule has 2 aliphatic heterocycles. The van der Waals surface area contributed by atoms with Crippen molar-refractivity contribution in [3.63, 3.8) is 0 Å². The van der Waals surface area contributed by atoms with Crippen LogP contribution in [-0.2, 0) is 4.79 Å². The Bertz CT molecular complexity index is 1110. The van der Waals surface area contributed by atoms with Crippen molar-refractivity contribution in [3.05, 3.63) is 70.9 Å². The van der Waals surface area contributed by atoms with Gasteiger partial charge in [-0.1, -0.05) is 42.1 Å². The number of fused-ring (bicyclic) bond motifs is 1. The van der Waals surface area contributed by atoms with Crippen molar-refractivity contribution in [1.29, 1.82) is 0 Å². The molecule has 0 spiro atoms. The van der Waals surface area contributed by atoms with E-state index in [1.165, 1.54) is 18.1 Å². The number of amides is 1. The molecule has 0 aliphatic carbocycles. The van der Waals surface area contributed by atoms with Crippen LogP contribution in [0.15, 0.2) is 80.7 Å². The van der Waals surface area contributed by atoms with E-state index in [1.54, 1.807) is 16.7 Å². The van der Waals surface area contributed by atoms with Crippen molar-refractivity contribution in [3.8, 4) is 0 Å². The van der Waals surface area contributed by atoms with Gasteiger partial charge in [0, 0.05) is 11.9 Å². The number of rotatable bonds is 2. The Morgan fingerprint density at radius 3 is 2.57 bits per heavy atom. The highest BCUT2D eigenvalue weighted by Gasteiger charge is 2.40. The van der Waals surface area contributed by atoms with E-state index < -0.39 is 0 Å². The molecule has 2 aromatic carbocycles. The minimum atomic E-state index is -0.100. The van der Waals surface area contributed by atoms with Crippen molar-refractivity contribution in [1.82, 2.24) is 15.2 Å². The van der Waals surface area contributed by atoms with Crippen molar-refractivity contribution in [2.45, 2.75) is 4.90 Å². The molecule has 0 saturated carbocycles. The first-order valence-corrected chi connectivity index (χ1v) is 10.1. The zero-order valence-electron chi connectivity index (χ0n) is 14.7. The van der Waals surface area contributed by atoms with E-state index in [2.05, 4.69) is 37.2 Å². The average molecular weight is 406 g/mol. The largest absolute Gasteiger partial charge is 0.337 e. The molecule has 5 rings (SSSR count). The molecule has 0 unspecified atom stereocenters. The summed E-state index contributed by atoms with van der Waals surface area (Å²) in [6, 6.07) is 17.6. The summed E-state index contributed by atoms with van der Waals surface area (Å²) in [5.74, 6) is 0.259. The van der Waals surface area contributed by atoms with Crippen LogP contribution in [0, 0.1) is 0 Å². The van der Waals surface area contributed by atoms with Gasteiger partial charge in [0.25, 0.3) is 5.91 Å². The number of hydrogen-bond acceptors (Lipinski definition) is 7. The highest BCUT2D eigenvalue weighted by molar-refractivity contribution is 8.20. The fourth-order valence-corrected chi connectivity index (χ4v) is 5.35. The third kappa shape index (κ3) is 2.79. The lowest BCUT2D eigenvalue weighted by molar-refractivity contribution is -0.113. The van der Waals surface area contributed by atoms with Crippen LogP contribution in [-0.4, -0.2) is 33.3 Å². The molecular weight excluding hydrogens is 392 g/mol. The normalized spacial score (nSPS) is 20.3. The number of thioether (sulfide) groups is 2. The highest BCUT2D eigenvalue weighted by Crippen LogP contribution is 2.50. The van der Waals surface area contributed by atoms with Crippen molar-refractivity contribution in [2.24, 2.45) is 4.99 Å². The molecule has 0 radical (unpaired) electrons. The molecule has 0 atom stereocenters. The van der Waals surface area contributed by atoms with Crippen LogP contribution in [0.2, 0.25) is 0 Å². The van der Waals surface area contributed by atoms with Gasteiger partial charge in [-0.3, -0.25) is 9.69 Å². The highest BCUT2D eigenvalue weighted by atomic mass is 32.2. The number of nitrogens with one attached hydrogen (secondary N) is 1. The minimum Gasteiger partial charge on any atom is -0.337 e. The minimum absolute atomic E-state index is 0.100. The Morgan fingerprint density at radius 1 is 1.04 bits per heavy atom. The standard InChI is InChI=1S/C19H14N6OS2/c1-24-13-9-5-6-10-14(13)27-17(24)15-16(26)25(12-7-3-2-4-8-12)19(28-15)22-18-20-11-21-23-18/h2-11H,1H3,(H,20,21,23)/b17-15-,22-19-. The number of carbonyl (C=O) groups is 1. The van der Waals surface area contributed by atoms with Gasteiger partial charge < -0.3 is 4.90 Å². The van der Waals surface area contributed by atoms with Gasteiger partial charge in [-0.15, -0.1) is 0 Å². The van der Waals surface area contributed by atoms with Gasteiger partial charge in [0.1, 0.15) is 11.2 Å². The summed E-state index contributed by atoms with van der Waals surface area (Å²) in [5, 5.41) is 8.01. The number of aromatic nitrogens is 3. The first-order valence-electron chi connectivity index (χ1n) is 8.48. The molecule has 3 heterocycles. The van der Waals surface area contributed by atoms with E-state index in [-0.39, 0.29) is 5.91 Å². The molecule has 1 amide bonds. The maximum absolute atomic E-state index is 13.4. The molecule has 1 aromatic heterocycles. The predicted molar refractivity (Wildman–Crippen MR) is 113 cm³/mol. The van der Waals surface area contributed by atoms with Crippen molar-refractivity contribution < 1.29 is 4.79 Å². The van der Waals surface area contributed by atoms with Crippen LogP contribution in [0.1, 0.15) is 0 Å². The third-order valence-electron chi connectivity index (χ3n) is 4.33. The quantitative estimate of drug-likeness (QED) is 0.649. The molecule has 1 fully saturated rings. The van der Waals surface area contributed by atoms with Crippen LogP contribution >= 0.6 is 23.5 Å². The van der Waals surface area contributed by atoms with E-state index in [9.17, 15) is 4.79 Å². The number of H-pyrrole nitrogens is 1. The smallest absolute Gasteiger partial charge is 0.274 e. The van der Waals surface area contributed by atoms with Crippen molar-refractivity contribution in [2.75, 3.05) is 16.8 Å². The molecule has 28 heavy (non-hydrogen) atoms. The summed E-state index contributed by atoms with van der Waals surface area (Å²) in [7, 11) is 1.98. The van der Waals surface area contributed by atoms with Gasteiger partial charge in [0.2, 0.25) is 5.95 Å². The number of carbonyl (C=O) groups excluding carboxylic acids is 1. The van der Waals surface area contributed by atoms with Gasteiger partial charge >= 0.3 is 0 Å². The molecule has 1 N–H and O–H groups in total. The van der Waals surface area contributed by atoms with Crippen LogP contribution in [0.4, 0.5) is 17.3 Å². The zero-order valence-corrected chi connectivity index (χ0v) is 16.4. The van der Waals surface area contributed by atoms with E-state index in [0.29, 0.717) is 16.0 Å². The van der Waals surface area contributed by atoms with E-state index >= 15 is 0 Å². The number of amidine groups is 1. The molecule has 0 bridgehead atoms. The number of benzene rings is 2. The van der Waals surface area contributed by atoms with Gasteiger partial charge in [-0.25, -0.2) is 5.10 Å². The average Bonchev–Trinajstić information content (AvgIpc) is 3.42. The monoisotopic (exact) mass is 406 g/mol. The lowest BCUT2D eigenvalue weighted by Gasteiger charge is -2.16. The molecule has 1 saturated heterocycles. The van der Waals surface area contributed by atoms with Crippen LogP contribution in [0.3, 0.4) is 0 Å². The predicted octanol–water partition coefficient (Wildman–Crippen LogP) is 3.98. The first kappa shape index (κ1) is 17.1. The fourth-order valence-electron chi connectivity index (χ4n) is 3.03. The van der Waals surface area contributed by atoms with Crippen molar-refractivity contribution >= 4 is 51.9 Å². The summed E-state index contributed by atoms with van der Waals surface area (Å²) in [4.78, 5) is 27.4. The number of aromatic amines is 1. The van der Waals surface area contributed by atoms with E-state index in [1.807, 2.05) is 49.5 Å². The number of hydrogen-bond donors (Lipinski definition) is 1. The Kier molecular flexibility index (Phi) is 4.18. The van der Waals surface area contributed by atoms with Gasteiger partial charge in [0.15, 0.2) is 5.17 Å². The van der Waals surface area contributed by atoms with Crippen LogP contribution in [0.25, 0.3) is 0 Å². The topological polar surface area (TPSA) is 77.5 Å². The lowest BCUT2D eigenvalue weighted by atomic mass is 10.3. The Hall–Kier alpha value is -3.04. The fraction of sp³-hybridized carbons (Fsp3) is 0.0526. The summed E-state index contributed by atoms with van der Waals surface area (Å²) in [6.07, 6.45) is 1.39. The summed E-state index contributed by atoms with van der Waals surface area (Å²) < 4.78 is 0. The van der Waals surface area contributed by atoms with Gasteiger partial charge in [-0.05, 0) is 36.0 Å². The number of para-hydroxylation sites is 2. The Morgan fingerprint density at radius 2 is 1.82 bits per heavy atom. The van der Waals surface area contributed by atoms with Crippen LogP contribution < -0.4 is 9.80 Å². The number of anilines is 2. The molecule has 138 valence electrons. The molecule has 3 aromatic rings. The summed E-state index contributed by atoms with van der Waals surface area (Å²) in [6.45, 7) is 0. The van der Waals surface area contributed by atoms with Gasteiger partial charge in [0.05, 0.1) is 16.4 Å². The SMILES string of the molecule is CN1/C(=C2/S/C(=N\c3ncn[nH]3)N(c3ccccc3)C2=O)Sc2ccccc21. The first-order chi connectivity index (χ1) is 13.7. The molecule has 2 aliphatic rings. The molecule has 7 nitrogen and oxygen atoms in total. The second-order valence-electron chi connectivity index (χ2n) is 6.04. The second-order valence-corrected chi connectivity index (χ2v) is 8.05. The van der Waals surface area contributed by atoms with E-state index in [4.69, 9.17) is 0 Å². The lowest BCUT2D eigenvalue weighted by Crippen LogP contribution is -2.29. The summed E-state index contributed by atoms with van der Waals surface area (Å²) in [5.41, 5.74) is 1.85. The maximum atomic E-state index is 13.4. The van der Waals surface area contributed by atoms with Gasteiger partial charge in [-0.2, -0.15) is 15.1 Å². The molecular formula is C19H14N6OS2. The number of nitrogens with zero attached hydrogens (tertiary/aromatic N) is 5. The van der Waals surface area contributed by atoms with Crippen LogP contribution in [0.5, 0.6) is 0 Å².